The Morgan fingerprint density at radius 2 is 1.90 bits per heavy atom. The molecule has 1 aromatic carbocycles. The Balaban J connectivity index is 2.46. The molecule has 2 aromatic rings. The molecule has 3 heteroatoms. The van der Waals surface area contributed by atoms with E-state index in [4.69, 9.17) is 16.7 Å². The van der Waals surface area contributed by atoms with E-state index in [0.717, 1.165) is 25.1 Å². The zero-order valence-electron chi connectivity index (χ0n) is 13.7. The third kappa shape index (κ3) is 3.32. The van der Waals surface area contributed by atoms with Gasteiger partial charge in [0.15, 0.2) is 0 Å². The van der Waals surface area contributed by atoms with E-state index in [-0.39, 0.29) is 5.38 Å². The summed E-state index contributed by atoms with van der Waals surface area (Å²) in [6.45, 7) is 11.5. The summed E-state index contributed by atoms with van der Waals surface area (Å²) in [5, 5.41) is 4.83. The van der Waals surface area contributed by atoms with E-state index in [0.29, 0.717) is 0 Å². The lowest BCUT2D eigenvalue weighted by Crippen LogP contribution is -2.08. The second-order valence-electron chi connectivity index (χ2n) is 5.72. The van der Waals surface area contributed by atoms with Gasteiger partial charge in [0.05, 0.1) is 17.6 Å². The van der Waals surface area contributed by atoms with Gasteiger partial charge in [0.2, 0.25) is 0 Å². The summed E-state index contributed by atoms with van der Waals surface area (Å²) >= 11 is 6.39. The molecular weight excluding hydrogens is 280 g/mol. The normalized spacial score (nSPS) is 12.7. The fraction of sp³-hybridized carbons (Fsp3) is 0.500. The summed E-state index contributed by atoms with van der Waals surface area (Å²) in [6, 6.07) is 6.60. The molecule has 0 saturated carbocycles. The first-order valence-corrected chi connectivity index (χ1v) is 8.20. The van der Waals surface area contributed by atoms with Gasteiger partial charge in [0.1, 0.15) is 0 Å². The Labute approximate surface area is 133 Å². The van der Waals surface area contributed by atoms with Crippen molar-refractivity contribution >= 4 is 11.6 Å². The van der Waals surface area contributed by atoms with Crippen LogP contribution in [0.15, 0.2) is 18.2 Å². The summed E-state index contributed by atoms with van der Waals surface area (Å²) in [4.78, 5) is 0. The minimum Gasteiger partial charge on any atom is -0.265 e. The monoisotopic (exact) mass is 304 g/mol. The van der Waals surface area contributed by atoms with Gasteiger partial charge in [-0.25, -0.2) is 0 Å². The molecule has 0 fully saturated rings. The summed E-state index contributed by atoms with van der Waals surface area (Å²) in [5.74, 6) is 0. The van der Waals surface area contributed by atoms with Crippen molar-refractivity contribution in [2.45, 2.75) is 59.4 Å². The number of aromatic nitrogens is 2. The zero-order chi connectivity index (χ0) is 15.6. The molecule has 0 aliphatic heterocycles. The first-order valence-electron chi connectivity index (χ1n) is 7.76. The third-order valence-electron chi connectivity index (χ3n) is 4.07. The van der Waals surface area contributed by atoms with Crippen LogP contribution >= 0.6 is 11.6 Å². The Kier molecular flexibility index (Phi) is 5.10. The van der Waals surface area contributed by atoms with Crippen LogP contribution in [-0.2, 0) is 19.4 Å². The summed E-state index contributed by atoms with van der Waals surface area (Å²) in [7, 11) is 0. The summed E-state index contributed by atoms with van der Waals surface area (Å²) in [6.07, 6.45) is 1.89. The lowest BCUT2D eigenvalue weighted by atomic mass is 10.0. The van der Waals surface area contributed by atoms with Crippen molar-refractivity contribution in [2.24, 2.45) is 0 Å². The van der Waals surface area contributed by atoms with Crippen LogP contribution in [0.1, 0.15) is 59.8 Å². The Morgan fingerprint density at radius 3 is 2.48 bits per heavy atom. The average Bonchev–Trinajstić information content (AvgIpc) is 2.80. The van der Waals surface area contributed by atoms with Gasteiger partial charge in [-0.1, -0.05) is 37.6 Å². The van der Waals surface area contributed by atoms with E-state index in [9.17, 15) is 0 Å². The minimum atomic E-state index is 0.0160. The Hall–Kier alpha value is -1.28. The first-order chi connectivity index (χ1) is 9.97. The van der Waals surface area contributed by atoms with Crippen LogP contribution in [0, 0.1) is 13.8 Å². The van der Waals surface area contributed by atoms with Gasteiger partial charge in [0.25, 0.3) is 0 Å². The number of aryl methyl sites for hydroxylation is 3. The highest BCUT2D eigenvalue weighted by Gasteiger charge is 2.19. The SMILES string of the molecule is CCc1nn(Cc2cc(C)ccc2C)c(CC)c1C(C)Cl. The largest absolute Gasteiger partial charge is 0.265 e. The van der Waals surface area contributed by atoms with Crippen LogP contribution in [-0.4, -0.2) is 9.78 Å². The maximum atomic E-state index is 6.39. The predicted molar refractivity (Wildman–Crippen MR) is 90.3 cm³/mol. The molecule has 0 spiro atoms. The van der Waals surface area contributed by atoms with Gasteiger partial charge in [-0.2, -0.15) is 5.10 Å². The summed E-state index contributed by atoms with van der Waals surface area (Å²) < 4.78 is 2.15. The molecular formula is C18H25ClN2. The average molecular weight is 305 g/mol. The van der Waals surface area contributed by atoms with Crippen LogP contribution in [0.2, 0.25) is 0 Å². The predicted octanol–water partition coefficient (Wildman–Crippen LogP) is 4.97. The van der Waals surface area contributed by atoms with Crippen molar-refractivity contribution < 1.29 is 0 Å². The number of halogens is 1. The van der Waals surface area contributed by atoms with Gasteiger partial charge in [0, 0.05) is 11.3 Å². The molecule has 21 heavy (non-hydrogen) atoms. The van der Waals surface area contributed by atoms with Crippen molar-refractivity contribution in [3.8, 4) is 0 Å². The van der Waals surface area contributed by atoms with Gasteiger partial charge in [-0.15, -0.1) is 11.6 Å². The molecule has 0 bridgehead atoms. The number of nitrogens with zero attached hydrogens (tertiary/aromatic N) is 2. The van der Waals surface area contributed by atoms with Gasteiger partial charge in [-0.05, 0) is 44.7 Å². The molecule has 0 radical (unpaired) electrons. The van der Waals surface area contributed by atoms with Crippen LogP contribution in [0.25, 0.3) is 0 Å². The maximum absolute atomic E-state index is 6.39. The topological polar surface area (TPSA) is 17.8 Å². The van der Waals surface area contributed by atoms with Crippen molar-refractivity contribution in [3.63, 3.8) is 0 Å². The van der Waals surface area contributed by atoms with Gasteiger partial charge >= 0.3 is 0 Å². The molecule has 0 saturated heterocycles. The molecule has 1 aromatic heterocycles. The molecule has 0 aliphatic rings. The molecule has 1 unspecified atom stereocenters. The minimum absolute atomic E-state index is 0.0160. The van der Waals surface area contributed by atoms with Crippen LogP contribution in [0.4, 0.5) is 0 Å². The highest BCUT2D eigenvalue weighted by molar-refractivity contribution is 6.20. The Bertz CT molecular complexity index is 626. The first kappa shape index (κ1) is 16.1. The molecule has 0 aliphatic carbocycles. The van der Waals surface area contributed by atoms with Crippen LogP contribution in [0.3, 0.4) is 0 Å². The summed E-state index contributed by atoms with van der Waals surface area (Å²) in [5.41, 5.74) is 7.59. The lowest BCUT2D eigenvalue weighted by molar-refractivity contribution is 0.637. The number of hydrogen-bond donors (Lipinski definition) is 0. The number of alkyl halides is 1. The highest BCUT2D eigenvalue weighted by atomic mass is 35.5. The van der Waals surface area contributed by atoms with Crippen molar-refractivity contribution in [1.82, 2.24) is 9.78 Å². The van der Waals surface area contributed by atoms with E-state index in [1.807, 2.05) is 6.92 Å². The molecule has 2 rings (SSSR count). The van der Waals surface area contributed by atoms with Crippen molar-refractivity contribution in [1.29, 1.82) is 0 Å². The second-order valence-corrected chi connectivity index (χ2v) is 6.37. The fourth-order valence-electron chi connectivity index (χ4n) is 2.92. The number of rotatable bonds is 5. The molecule has 2 nitrogen and oxygen atoms in total. The zero-order valence-corrected chi connectivity index (χ0v) is 14.5. The third-order valence-corrected chi connectivity index (χ3v) is 4.29. The van der Waals surface area contributed by atoms with E-state index < -0.39 is 0 Å². The fourth-order valence-corrected chi connectivity index (χ4v) is 3.17. The smallest absolute Gasteiger partial charge is 0.0671 e. The molecule has 114 valence electrons. The van der Waals surface area contributed by atoms with E-state index in [1.165, 1.54) is 27.9 Å². The standard InChI is InChI=1S/C18H25ClN2/c1-6-16-18(14(5)19)17(7-2)21(20-16)11-15-10-12(3)8-9-13(15)4/h8-10,14H,6-7,11H2,1-5H3. The van der Waals surface area contributed by atoms with E-state index in [2.05, 4.69) is 50.6 Å². The molecule has 1 atom stereocenters. The number of benzene rings is 1. The van der Waals surface area contributed by atoms with Gasteiger partial charge in [-0.3, -0.25) is 4.68 Å². The number of hydrogen-bond acceptors (Lipinski definition) is 1. The molecule has 1 heterocycles. The maximum Gasteiger partial charge on any atom is 0.0671 e. The quantitative estimate of drug-likeness (QED) is 0.713. The van der Waals surface area contributed by atoms with Crippen LogP contribution < -0.4 is 0 Å². The lowest BCUT2D eigenvalue weighted by Gasteiger charge is -2.11. The van der Waals surface area contributed by atoms with Crippen molar-refractivity contribution in [2.75, 3.05) is 0 Å². The van der Waals surface area contributed by atoms with Crippen LogP contribution in [0.5, 0.6) is 0 Å². The highest BCUT2D eigenvalue weighted by Crippen LogP contribution is 2.28. The van der Waals surface area contributed by atoms with Gasteiger partial charge < -0.3 is 0 Å². The van der Waals surface area contributed by atoms with Crippen molar-refractivity contribution in [3.05, 3.63) is 51.8 Å². The molecule has 0 amide bonds. The second kappa shape index (κ2) is 6.65. The van der Waals surface area contributed by atoms with E-state index >= 15 is 0 Å². The molecule has 0 N–H and O–H groups in total. The van der Waals surface area contributed by atoms with E-state index in [1.54, 1.807) is 0 Å². The Morgan fingerprint density at radius 1 is 1.19 bits per heavy atom.